The number of unbranched alkanes of at least 4 members (excludes halogenated alkanes) is 1. The van der Waals surface area contributed by atoms with E-state index in [0.29, 0.717) is 32.6 Å². The molecule has 16 heavy (non-hydrogen) atoms. The molecule has 1 aliphatic heterocycles. The Morgan fingerprint density at radius 3 is 2.81 bits per heavy atom. The smallest absolute Gasteiger partial charge is 0.315 e. The molecule has 0 aliphatic carbocycles. The molecule has 1 aliphatic rings. The summed E-state index contributed by atoms with van der Waals surface area (Å²) in [7, 11) is 0. The predicted molar refractivity (Wildman–Crippen MR) is 58.8 cm³/mol. The predicted octanol–water partition coefficient (Wildman–Crippen LogP) is -0.270. The first-order valence-corrected chi connectivity index (χ1v) is 5.59. The minimum Gasteiger partial charge on any atom is -0.379 e. The zero-order valence-corrected chi connectivity index (χ0v) is 9.33. The Morgan fingerprint density at radius 2 is 2.19 bits per heavy atom. The van der Waals surface area contributed by atoms with Gasteiger partial charge in [-0.2, -0.15) is 0 Å². The van der Waals surface area contributed by atoms with Gasteiger partial charge in [-0.3, -0.25) is 4.79 Å². The van der Waals surface area contributed by atoms with Crippen molar-refractivity contribution in [2.24, 2.45) is 5.73 Å². The number of rotatable bonds is 6. The van der Waals surface area contributed by atoms with E-state index in [4.69, 9.17) is 10.5 Å². The Bertz CT molecular complexity index is 239. The lowest BCUT2D eigenvalue weighted by Crippen LogP contribution is -2.42. The number of carbonyl (C=O) groups is 2. The molecular weight excluding hydrogens is 210 g/mol. The number of hydrogen-bond donors (Lipinski definition) is 3. The fourth-order valence-corrected chi connectivity index (χ4v) is 1.51. The first kappa shape index (κ1) is 12.8. The maximum atomic E-state index is 11.3. The molecule has 1 rings (SSSR count). The highest BCUT2D eigenvalue weighted by Crippen LogP contribution is 2.02. The van der Waals surface area contributed by atoms with Crippen LogP contribution < -0.4 is 16.4 Å². The van der Waals surface area contributed by atoms with Gasteiger partial charge in [-0.15, -0.1) is 0 Å². The van der Waals surface area contributed by atoms with Gasteiger partial charge < -0.3 is 21.1 Å². The summed E-state index contributed by atoms with van der Waals surface area (Å²) < 4.78 is 5.13. The Hall–Kier alpha value is -1.30. The number of urea groups is 1. The molecule has 6 nitrogen and oxygen atoms in total. The topological polar surface area (TPSA) is 93.5 Å². The first-order chi connectivity index (χ1) is 7.68. The summed E-state index contributed by atoms with van der Waals surface area (Å²) in [5, 5.41) is 5.54. The van der Waals surface area contributed by atoms with Crippen LogP contribution >= 0.6 is 0 Å². The van der Waals surface area contributed by atoms with E-state index in [0.717, 1.165) is 12.8 Å². The Balaban J connectivity index is 1.95. The molecule has 1 saturated heterocycles. The molecule has 0 saturated carbocycles. The number of ether oxygens (including phenoxy) is 1. The lowest BCUT2D eigenvalue weighted by atomic mass is 10.2. The highest BCUT2D eigenvalue weighted by atomic mass is 16.5. The molecule has 1 fully saturated rings. The summed E-state index contributed by atoms with van der Waals surface area (Å²) in [5.74, 6) is -0.299. The summed E-state index contributed by atoms with van der Waals surface area (Å²) in [6.45, 7) is 1.87. The van der Waals surface area contributed by atoms with Gasteiger partial charge in [-0.05, 0) is 19.3 Å². The number of primary amides is 1. The van der Waals surface area contributed by atoms with Crippen LogP contribution in [0.25, 0.3) is 0 Å². The third-order valence-corrected chi connectivity index (χ3v) is 2.40. The number of amides is 3. The van der Waals surface area contributed by atoms with Gasteiger partial charge in [-0.1, -0.05) is 0 Å². The van der Waals surface area contributed by atoms with Crippen LogP contribution in [0, 0.1) is 0 Å². The van der Waals surface area contributed by atoms with E-state index < -0.39 is 0 Å². The van der Waals surface area contributed by atoms with Gasteiger partial charge in [0.25, 0.3) is 0 Å². The molecule has 92 valence electrons. The van der Waals surface area contributed by atoms with Crippen LogP contribution in [0.4, 0.5) is 4.79 Å². The fraction of sp³-hybridized carbons (Fsp3) is 0.800. The van der Waals surface area contributed by atoms with Crippen LogP contribution in [0.5, 0.6) is 0 Å². The van der Waals surface area contributed by atoms with Gasteiger partial charge in [-0.25, -0.2) is 4.79 Å². The lowest BCUT2D eigenvalue weighted by Gasteiger charge is -2.11. The zero-order chi connectivity index (χ0) is 11.8. The largest absolute Gasteiger partial charge is 0.379 e. The van der Waals surface area contributed by atoms with E-state index in [9.17, 15) is 9.59 Å². The SMILES string of the molecule is NC(=O)CCCCNC(=O)NC1CCOC1. The Kier molecular flexibility index (Phi) is 5.63. The van der Waals surface area contributed by atoms with E-state index >= 15 is 0 Å². The Morgan fingerprint density at radius 1 is 1.38 bits per heavy atom. The summed E-state index contributed by atoms with van der Waals surface area (Å²) in [5.41, 5.74) is 4.99. The van der Waals surface area contributed by atoms with Crippen molar-refractivity contribution >= 4 is 11.9 Å². The van der Waals surface area contributed by atoms with Crippen LogP contribution in [0.2, 0.25) is 0 Å². The normalized spacial score (nSPS) is 19.4. The lowest BCUT2D eigenvalue weighted by molar-refractivity contribution is -0.118. The molecule has 0 radical (unpaired) electrons. The van der Waals surface area contributed by atoms with Crippen molar-refractivity contribution in [1.82, 2.24) is 10.6 Å². The number of hydrogen-bond acceptors (Lipinski definition) is 3. The second-order valence-corrected chi connectivity index (χ2v) is 3.88. The van der Waals surface area contributed by atoms with Gasteiger partial charge in [0, 0.05) is 19.6 Å². The molecular formula is C10H19N3O3. The second-order valence-electron chi connectivity index (χ2n) is 3.88. The molecule has 6 heteroatoms. The number of carbonyl (C=O) groups excluding carboxylic acids is 2. The maximum absolute atomic E-state index is 11.3. The van der Waals surface area contributed by atoms with Gasteiger partial charge in [0.1, 0.15) is 0 Å². The quantitative estimate of drug-likeness (QED) is 0.547. The standard InChI is InChI=1S/C10H19N3O3/c11-9(14)3-1-2-5-12-10(15)13-8-4-6-16-7-8/h8H,1-7H2,(H2,11,14)(H2,12,13,15). The highest BCUT2D eigenvalue weighted by Gasteiger charge is 2.16. The Labute approximate surface area is 94.9 Å². The molecule has 0 spiro atoms. The molecule has 0 aromatic rings. The van der Waals surface area contributed by atoms with Crippen LogP contribution in [0.1, 0.15) is 25.7 Å². The van der Waals surface area contributed by atoms with Crippen molar-refractivity contribution in [2.45, 2.75) is 31.7 Å². The summed E-state index contributed by atoms with van der Waals surface area (Å²) in [4.78, 5) is 21.8. The second kappa shape index (κ2) is 7.05. The molecule has 1 heterocycles. The number of nitrogens with two attached hydrogens (primary N) is 1. The maximum Gasteiger partial charge on any atom is 0.315 e. The third-order valence-electron chi connectivity index (χ3n) is 2.40. The summed E-state index contributed by atoms with van der Waals surface area (Å²) in [6.07, 6.45) is 2.72. The van der Waals surface area contributed by atoms with E-state index in [1.165, 1.54) is 0 Å². The van der Waals surface area contributed by atoms with Crippen molar-refractivity contribution in [2.75, 3.05) is 19.8 Å². The molecule has 3 amide bonds. The van der Waals surface area contributed by atoms with Crippen molar-refractivity contribution in [3.63, 3.8) is 0 Å². The van der Waals surface area contributed by atoms with E-state index in [-0.39, 0.29) is 18.0 Å². The van der Waals surface area contributed by atoms with Crippen LogP contribution in [0.3, 0.4) is 0 Å². The van der Waals surface area contributed by atoms with Crippen molar-refractivity contribution < 1.29 is 14.3 Å². The average Bonchev–Trinajstić information content (AvgIpc) is 2.69. The molecule has 0 bridgehead atoms. The fourth-order valence-electron chi connectivity index (χ4n) is 1.51. The van der Waals surface area contributed by atoms with Crippen molar-refractivity contribution in [1.29, 1.82) is 0 Å². The summed E-state index contributed by atoms with van der Waals surface area (Å²) in [6, 6.07) is -0.0415. The van der Waals surface area contributed by atoms with Crippen LogP contribution in [-0.4, -0.2) is 37.7 Å². The summed E-state index contributed by atoms with van der Waals surface area (Å²) >= 11 is 0. The monoisotopic (exact) mass is 229 g/mol. The van der Waals surface area contributed by atoms with Gasteiger partial charge in [0.15, 0.2) is 0 Å². The van der Waals surface area contributed by atoms with E-state index in [2.05, 4.69) is 10.6 Å². The van der Waals surface area contributed by atoms with Gasteiger partial charge in [0.2, 0.25) is 5.91 Å². The molecule has 1 atom stereocenters. The molecule has 0 aromatic carbocycles. The minimum absolute atomic E-state index is 0.130. The average molecular weight is 229 g/mol. The van der Waals surface area contributed by atoms with Gasteiger partial charge >= 0.3 is 6.03 Å². The van der Waals surface area contributed by atoms with Crippen LogP contribution in [-0.2, 0) is 9.53 Å². The highest BCUT2D eigenvalue weighted by molar-refractivity contribution is 5.74. The zero-order valence-electron chi connectivity index (χ0n) is 9.33. The minimum atomic E-state index is -0.299. The molecule has 0 aromatic heterocycles. The van der Waals surface area contributed by atoms with Crippen molar-refractivity contribution in [3.05, 3.63) is 0 Å². The van der Waals surface area contributed by atoms with E-state index in [1.54, 1.807) is 0 Å². The number of nitrogens with one attached hydrogen (secondary N) is 2. The third kappa shape index (κ3) is 5.55. The molecule has 4 N–H and O–H groups in total. The first-order valence-electron chi connectivity index (χ1n) is 5.59. The molecule has 1 unspecified atom stereocenters. The van der Waals surface area contributed by atoms with Crippen LogP contribution in [0.15, 0.2) is 0 Å². The van der Waals surface area contributed by atoms with Gasteiger partial charge in [0.05, 0.1) is 12.6 Å². The van der Waals surface area contributed by atoms with E-state index in [1.807, 2.05) is 0 Å². The van der Waals surface area contributed by atoms with Crippen molar-refractivity contribution in [3.8, 4) is 0 Å².